The number of halogens is 5. The van der Waals surface area contributed by atoms with Crippen molar-refractivity contribution in [1.29, 1.82) is 0 Å². The number of carbonyl (C=O) groups is 1. The van der Waals surface area contributed by atoms with Crippen LogP contribution in [0.15, 0.2) is 36.4 Å². The molecule has 2 aromatic rings. The van der Waals surface area contributed by atoms with Gasteiger partial charge in [-0.2, -0.15) is 13.2 Å². The van der Waals surface area contributed by atoms with Crippen LogP contribution in [0, 0.1) is 18.6 Å². The molecule has 0 saturated heterocycles. The molecule has 2 aromatic carbocycles. The number of benzene rings is 2. The summed E-state index contributed by atoms with van der Waals surface area (Å²) in [6.07, 6.45) is -4.68. The summed E-state index contributed by atoms with van der Waals surface area (Å²) in [5.41, 5.74) is -1.64. The third-order valence-corrected chi connectivity index (χ3v) is 2.97. The summed E-state index contributed by atoms with van der Waals surface area (Å²) in [6.45, 7) is 1.42. The second-order valence-corrected chi connectivity index (χ2v) is 4.48. The molecule has 0 aliphatic rings. The number of carbonyl (C=O) groups excluding carboxylic acids is 1. The van der Waals surface area contributed by atoms with Crippen LogP contribution in [-0.4, -0.2) is 5.78 Å². The van der Waals surface area contributed by atoms with Crippen LogP contribution in [-0.2, 0) is 6.18 Å². The Kier molecular flexibility index (Phi) is 3.80. The molecule has 0 heterocycles. The van der Waals surface area contributed by atoms with E-state index in [2.05, 4.69) is 0 Å². The number of aryl methyl sites for hydroxylation is 1. The smallest absolute Gasteiger partial charge is 0.288 e. The first-order valence-corrected chi connectivity index (χ1v) is 5.88. The molecular formula is C15H9F5O. The van der Waals surface area contributed by atoms with E-state index in [0.717, 1.165) is 18.2 Å². The summed E-state index contributed by atoms with van der Waals surface area (Å²) in [5, 5.41) is 0. The zero-order chi connectivity index (χ0) is 15.8. The Bertz CT molecular complexity index is 704. The van der Waals surface area contributed by atoms with Gasteiger partial charge in [0.05, 0.1) is 11.1 Å². The van der Waals surface area contributed by atoms with Crippen molar-refractivity contribution in [1.82, 2.24) is 0 Å². The molecule has 0 atom stereocenters. The number of hydrogen-bond acceptors (Lipinski definition) is 1. The topological polar surface area (TPSA) is 17.1 Å². The van der Waals surface area contributed by atoms with Crippen LogP contribution in [0.4, 0.5) is 22.0 Å². The van der Waals surface area contributed by atoms with Gasteiger partial charge >= 0.3 is 6.18 Å². The summed E-state index contributed by atoms with van der Waals surface area (Å²) in [5.74, 6) is -2.57. The molecule has 2 rings (SSSR count). The van der Waals surface area contributed by atoms with Crippen LogP contribution in [0.1, 0.15) is 27.0 Å². The largest absolute Gasteiger partial charge is 0.416 e. The monoisotopic (exact) mass is 300 g/mol. The van der Waals surface area contributed by atoms with Gasteiger partial charge in [-0.25, -0.2) is 8.78 Å². The van der Waals surface area contributed by atoms with Gasteiger partial charge in [0.15, 0.2) is 5.78 Å². The normalized spacial score (nSPS) is 11.5. The van der Waals surface area contributed by atoms with Gasteiger partial charge in [0.25, 0.3) is 0 Å². The van der Waals surface area contributed by atoms with Crippen LogP contribution >= 0.6 is 0 Å². The molecule has 6 heteroatoms. The molecule has 0 spiro atoms. The van der Waals surface area contributed by atoms with Crippen LogP contribution in [0.3, 0.4) is 0 Å². The molecule has 0 amide bonds. The fourth-order valence-corrected chi connectivity index (χ4v) is 1.90. The van der Waals surface area contributed by atoms with Crippen LogP contribution < -0.4 is 0 Å². The molecule has 0 aliphatic carbocycles. The quantitative estimate of drug-likeness (QED) is 0.588. The molecule has 110 valence electrons. The van der Waals surface area contributed by atoms with E-state index in [-0.39, 0.29) is 11.1 Å². The zero-order valence-corrected chi connectivity index (χ0v) is 10.8. The van der Waals surface area contributed by atoms with Crippen molar-refractivity contribution in [2.75, 3.05) is 0 Å². The first-order valence-electron chi connectivity index (χ1n) is 5.88. The minimum atomic E-state index is -4.68. The lowest BCUT2D eigenvalue weighted by Gasteiger charge is -2.10. The predicted molar refractivity (Wildman–Crippen MR) is 66.0 cm³/mol. The fraction of sp³-hybridized carbons (Fsp3) is 0.133. The highest BCUT2D eigenvalue weighted by Crippen LogP contribution is 2.31. The molecule has 0 radical (unpaired) electrons. The Hall–Kier alpha value is -2.24. The lowest BCUT2D eigenvalue weighted by atomic mass is 9.97. The van der Waals surface area contributed by atoms with E-state index in [4.69, 9.17) is 0 Å². The van der Waals surface area contributed by atoms with Gasteiger partial charge in [-0.05, 0) is 48.9 Å². The van der Waals surface area contributed by atoms with E-state index in [1.165, 1.54) is 6.92 Å². The molecule has 0 saturated carbocycles. The first-order chi connectivity index (χ1) is 9.70. The van der Waals surface area contributed by atoms with Gasteiger partial charge in [-0.15, -0.1) is 0 Å². The maximum atomic E-state index is 13.6. The van der Waals surface area contributed by atoms with Gasteiger partial charge in [0.1, 0.15) is 11.6 Å². The maximum Gasteiger partial charge on any atom is 0.416 e. The molecule has 0 N–H and O–H groups in total. The fourth-order valence-electron chi connectivity index (χ4n) is 1.90. The van der Waals surface area contributed by atoms with Crippen molar-refractivity contribution in [2.45, 2.75) is 13.1 Å². The van der Waals surface area contributed by atoms with Crippen LogP contribution in [0.25, 0.3) is 0 Å². The van der Waals surface area contributed by atoms with Crippen LogP contribution in [0.2, 0.25) is 0 Å². The lowest BCUT2D eigenvalue weighted by molar-refractivity contribution is -0.137. The van der Waals surface area contributed by atoms with Gasteiger partial charge < -0.3 is 0 Å². The van der Waals surface area contributed by atoms with Crippen molar-refractivity contribution < 1.29 is 26.7 Å². The summed E-state index contributed by atoms with van der Waals surface area (Å²) in [7, 11) is 0. The van der Waals surface area contributed by atoms with E-state index < -0.39 is 34.7 Å². The zero-order valence-electron chi connectivity index (χ0n) is 10.8. The second kappa shape index (κ2) is 5.27. The lowest BCUT2D eigenvalue weighted by Crippen LogP contribution is -2.11. The number of ketones is 1. The molecule has 1 nitrogen and oxygen atoms in total. The second-order valence-electron chi connectivity index (χ2n) is 4.48. The highest BCUT2D eigenvalue weighted by atomic mass is 19.4. The summed E-state index contributed by atoms with van der Waals surface area (Å²) in [6, 6.07) is 4.77. The van der Waals surface area contributed by atoms with Gasteiger partial charge in [0.2, 0.25) is 0 Å². The van der Waals surface area contributed by atoms with Crippen molar-refractivity contribution in [3.8, 4) is 0 Å². The van der Waals surface area contributed by atoms with E-state index in [1.807, 2.05) is 0 Å². The van der Waals surface area contributed by atoms with Gasteiger partial charge in [0, 0.05) is 5.56 Å². The molecule has 0 fully saturated rings. The average Bonchev–Trinajstić information content (AvgIpc) is 2.37. The molecule has 0 aromatic heterocycles. The molecule has 21 heavy (non-hydrogen) atoms. The van der Waals surface area contributed by atoms with Crippen molar-refractivity contribution >= 4 is 5.78 Å². The Morgan fingerprint density at radius 2 is 1.62 bits per heavy atom. The average molecular weight is 300 g/mol. The first kappa shape index (κ1) is 15.2. The number of alkyl halides is 3. The maximum absolute atomic E-state index is 13.6. The van der Waals surface area contributed by atoms with Crippen LogP contribution in [0.5, 0.6) is 0 Å². The summed E-state index contributed by atoms with van der Waals surface area (Å²) in [4.78, 5) is 12.1. The van der Waals surface area contributed by atoms with Crippen molar-refractivity contribution in [3.63, 3.8) is 0 Å². The highest BCUT2D eigenvalue weighted by Gasteiger charge is 2.32. The van der Waals surface area contributed by atoms with E-state index in [9.17, 15) is 26.7 Å². The third kappa shape index (κ3) is 3.09. The molecular weight excluding hydrogens is 291 g/mol. The minimum Gasteiger partial charge on any atom is -0.288 e. The van der Waals surface area contributed by atoms with Crippen molar-refractivity contribution in [3.05, 3.63) is 70.3 Å². The van der Waals surface area contributed by atoms with E-state index >= 15 is 0 Å². The standard InChI is InChI=1S/C15H9F5O/c1-8-6-10(16)3-4-11(8)14(21)12-7-9(15(18,19)20)2-5-13(12)17/h2-7H,1H3. The minimum absolute atomic E-state index is 0.0466. The summed E-state index contributed by atoms with van der Waals surface area (Å²) >= 11 is 0. The van der Waals surface area contributed by atoms with Crippen molar-refractivity contribution in [2.24, 2.45) is 0 Å². The number of hydrogen-bond donors (Lipinski definition) is 0. The molecule has 0 bridgehead atoms. The van der Waals surface area contributed by atoms with Gasteiger partial charge in [-0.1, -0.05) is 0 Å². The predicted octanol–water partition coefficient (Wildman–Crippen LogP) is 4.52. The van der Waals surface area contributed by atoms with E-state index in [0.29, 0.717) is 18.2 Å². The SMILES string of the molecule is Cc1cc(F)ccc1C(=O)c1cc(C(F)(F)F)ccc1F. The third-order valence-electron chi connectivity index (χ3n) is 2.97. The van der Waals surface area contributed by atoms with Gasteiger partial charge in [-0.3, -0.25) is 4.79 Å². The summed E-state index contributed by atoms with van der Waals surface area (Å²) < 4.78 is 64.5. The Morgan fingerprint density at radius 1 is 0.952 bits per heavy atom. The number of rotatable bonds is 2. The molecule has 0 aliphatic heterocycles. The van der Waals surface area contributed by atoms with E-state index in [1.54, 1.807) is 0 Å². The molecule has 0 unspecified atom stereocenters. The highest BCUT2D eigenvalue weighted by molar-refractivity contribution is 6.10. The Morgan fingerprint density at radius 3 is 2.19 bits per heavy atom. The Balaban J connectivity index is 2.53. The Labute approximate surface area is 117 Å².